The minimum Gasteiger partial charge on any atom is -0.319 e. The smallest absolute Gasteiger partial charge is 0.276 e. The van der Waals surface area contributed by atoms with Gasteiger partial charge in [-0.25, -0.2) is 9.97 Å². The number of amides is 1. The summed E-state index contributed by atoms with van der Waals surface area (Å²) in [6.45, 7) is 0. The molecule has 0 bridgehead atoms. The Morgan fingerprint density at radius 2 is 1.81 bits per heavy atom. The topological polar surface area (TPSA) is 54.9 Å². The summed E-state index contributed by atoms with van der Waals surface area (Å²) in [4.78, 5) is 21.0. The van der Waals surface area contributed by atoms with Crippen molar-refractivity contribution >= 4 is 58.2 Å². The molecule has 8 heteroatoms. The molecule has 0 radical (unpaired) electrons. The third-order valence-electron chi connectivity index (χ3n) is 3.32. The second kappa shape index (κ2) is 8.73. The predicted octanol–water partition coefficient (Wildman–Crippen LogP) is 5.98. The molecular formula is C18H12Cl3N3OS. The highest BCUT2D eigenvalue weighted by Crippen LogP contribution is 2.27. The Hall–Kier alpha value is -1.79. The summed E-state index contributed by atoms with van der Waals surface area (Å²) in [6, 6.07) is 14.7. The van der Waals surface area contributed by atoms with Crippen LogP contribution in [0.5, 0.6) is 0 Å². The summed E-state index contributed by atoms with van der Waals surface area (Å²) in [6.07, 6.45) is 1.41. The largest absolute Gasteiger partial charge is 0.319 e. The zero-order chi connectivity index (χ0) is 18.5. The molecule has 1 heterocycles. The van der Waals surface area contributed by atoms with Gasteiger partial charge in [0.15, 0.2) is 10.9 Å². The number of carbonyl (C=O) groups is 1. The maximum Gasteiger partial charge on any atom is 0.276 e. The van der Waals surface area contributed by atoms with Crippen molar-refractivity contribution in [1.82, 2.24) is 9.97 Å². The number of thioether (sulfide) groups is 1. The molecule has 4 nitrogen and oxygen atoms in total. The Labute approximate surface area is 169 Å². The van der Waals surface area contributed by atoms with Crippen molar-refractivity contribution in [3.8, 4) is 0 Å². The second-order valence-corrected chi connectivity index (χ2v) is 7.40. The highest BCUT2D eigenvalue weighted by molar-refractivity contribution is 7.98. The molecule has 1 aromatic heterocycles. The Morgan fingerprint density at radius 1 is 1.04 bits per heavy atom. The highest BCUT2D eigenvalue weighted by Gasteiger charge is 2.16. The third kappa shape index (κ3) is 4.89. The maximum absolute atomic E-state index is 12.5. The molecule has 0 unspecified atom stereocenters. The van der Waals surface area contributed by atoms with Crippen LogP contribution in [0.4, 0.5) is 5.69 Å². The number of nitrogens with one attached hydrogen (secondary N) is 1. The average molecular weight is 425 g/mol. The second-order valence-electron chi connectivity index (χ2n) is 5.20. The van der Waals surface area contributed by atoms with Gasteiger partial charge in [0.25, 0.3) is 5.91 Å². The standard InChI is InChI=1S/C18H12Cl3N3OS/c19-12-6-7-13(20)15(8-12)23-17(25)16-14(21)9-22-18(24-16)26-10-11-4-2-1-3-5-11/h1-9H,10H2,(H,23,25). The fourth-order valence-corrected chi connectivity index (χ4v) is 3.36. The summed E-state index contributed by atoms with van der Waals surface area (Å²) >= 11 is 19.5. The molecule has 1 N–H and O–H groups in total. The first kappa shape index (κ1) is 19.0. The normalized spacial score (nSPS) is 10.6. The van der Waals surface area contributed by atoms with Gasteiger partial charge < -0.3 is 5.32 Å². The molecule has 0 saturated heterocycles. The molecule has 26 heavy (non-hydrogen) atoms. The summed E-state index contributed by atoms with van der Waals surface area (Å²) in [7, 11) is 0. The van der Waals surface area contributed by atoms with E-state index in [1.54, 1.807) is 18.2 Å². The van der Waals surface area contributed by atoms with Crippen LogP contribution in [0.25, 0.3) is 0 Å². The van der Waals surface area contributed by atoms with Crippen LogP contribution in [0.1, 0.15) is 16.1 Å². The van der Waals surface area contributed by atoms with E-state index in [0.717, 1.165) is 5.56 Å². The molecule has 0 aliphatic rings. The van der Waals surface area contributed by atoms with Crippen LogP contribution < -0.4 is 5.32 Å². The van der Waals surface area contributed by atoms with E-state index in [1.807, 2.05) is 30.3 Å². The Balaban J connectivity index is 1.76. The SMILES string of the molecule is O=C(Nc1cc(Cl)ccc1Cl)c1nc(SCc2ccccc2)ncc1Cl. The zero-order valence-corrected chi connectivity index (χ0v) is 16.3. The van der Waals surface area contributed by atoms with Crippen molar-refractivity contribution in [3.05, 3.63) is 81.1 Å². The van der Waals surface area contributed by atoms with Gasteiger partial charge in [0, 0.05) is 10.8 Å². The van der Waals surface area contributed by atoms with E-state index >= 15 is 0 Å². The number of rotatable bonds is 5. The lowest BCUT2D eigenvalue weighted by Crippen LogP contribution is -2.15. The van der Waals surface area contributed by atoms with E-state index in [2.05, 4.69) is 15.3 Å². The summed E-state index contributed by atoms with van der Waals surface area (Å²) in [5.74, 6) is 0.201. The lowest BCUT2D eigenvalue weighted by atomic mass is 10.2. The van der Waals surface area contributed by atoms with Gasteiger partial charge in [-0.05, 0) is 23.8 Å². The van der Waals surface area contributed by atoms with Crippen molar-refractivity contribution in [2.24, 2.45) is 0 Å². The number of halogens is 3. The zero-order valence-electron chi connectivity index (χ0n) is 13.2. The first-order chi connectivity index (χ1) is 12.5. The molecular weight excluding hydrogens is 413 g/mol. The molecule has 0 saturated carbocycles. The number of hydrogen-bond acceptors (Lipinski definition) is 4. The van der Waals surface area contributed by atoms with Gasteiger partial charge in [-0.2, -0.15) is 0 Å². The molecule has 2 aromatic carbocycles. The van der Waals surface area contributed by atoms with Crippen LogP contribution in [-0.4, -0.2) is 15.9 Å². The summed E-state index contributed by atoms with van der Waals surface area (Å²) in [5.41, 5.74) is 1.60. The van der Waals surface area contributed by atoms with E-state index in [4.69, 9.17) is 34.8 Å². The van der Waals surface area contributed by atoms with Gasteiger partial charge >= 0.3 is 0 Å². The number of nitrogens with zero attached hydrogens (tertiary/aromatic N) is 2. The van der Waals surface area contributed by atoms with E-state index in [1.165, 1.54) is 18.0 Å². The molecule has 1 amide bonds. The number of benzene rings is 2. The average Bonchev–Trinajstić information content (AvgIpc) is 2.65. The summed E-state index contributed by atoms with van der Waals surface area (Å²) in [5, 5.41) is 4.11. The number of aromatic nitrogens is 2. The van der Waals surface area contributed by atoms with E-state index in [9.17, 15) is 4.79 Å². The minimum absolute atomic E-state index is 0.0771. The van der Waals surface area contributed by atoms with Crippen LogP contribution in [0.3, 0.4) is 0 Å². The first-order valence-corrected chi connectivity index (χ1v) is 9.60. The summed E-state index contributed by atoms with van der Waals surface area (Å²) < 4.78 is 0. The van der Waals surface area contributed by atoms with Gasteiger partial charge in [0.2, 0.25) is 0 Å². The lowest BCUT2D eigenvalue weighted by Gasteiger charge is -2.09. The Bertz CT molecular complexity index is 938. The van der Waals surface area contributed by atoms with Crippen molar-refractivity contribution in [2.75, 3.05) is 5.32 Å². The lowest BCUT2D eigenvalue weighted by molar-refractivity contribution is 0.102. The molecule has 0 aliphatic heterocycles. The molecule has 3 aromatic rings. The van der Waals surface area contributed by atoms with Gasteiger partial charge in [-0.1, -0.05) is 76.9 Å². The Kier molecular flexibility index (Phi) is 6.38. The predicted molar refractivity (Wildman–Crippen MR) is 107 cm³/mol. The van der Waals surface area contributed by atoms with Gasteiger partial charge in [0.05, 0.1) is 21.9 Å². The van der Waals surface area contributed by atoms with Crippen LogP contribution in [-0.2, 0) is 5.75 Å². The minimum atomic E-state index is -0.483. The molecule has 0 aliphatic carbocycles. The number of anilines is 1. The number of carbonyl (C=O) groups excluding carboxylic acids is 1. The van der Waals surface area contributed by atoms with Crippen LogP contribution in [0.15, 0.2) is 59.9 Å². The molecule has 0 fully saturated rings. The fraction of sp³-hybridized carbons (Fsp3) is 0.0556. The third-order valence-corrected chi connectivity index (χ3v) is 5.10. The van der Waals surface area contributed by atoms with Crippen molar-refractivity contribution in [2.45, 2.75) is 10.9 Å². The maximum atomic E-state index is 12.5. The molecule has 0 atom stereocenters. The van der Waals surface area contributed by atoms with Gasteiger partial charge in [-0.3, -0.25) is 4.79 Å². The Morgan fingerprint density at radius 3 is 2.58 bits per heavy atom. The van der Waals surface area contributed by atoms with E-state index < -0.39 is 5.91 Å². The highest BCUT2D eigenvalue weighted by atomic mass is 35.5. The van der Waals surface area contributed by atoms with E-state index in [0.29, 0.717) is 26.6 Å². The van der Waals surface area contributed by atoms with Crippen LogP contribution in [0.2, 0.25) is 15.1 Å². The first-order valence-electron chi connectivity index (χ1n) is 7.48. The quantitative estimate of drug-likeness (QED) is 0.404. The molecule has 0 spiro atoms. The van der Waals surface area contributed by atoms with Crippen molar-refractivity contribution in [3.63, 3.8) is 0 Å². The molecule has 132 valence electrons. The fourth-order valence-electron chi connectivity index (χ4n) is 2.08. The van der Waals surface area contributed by atoms with Crippen LogP contribution in [0, 0.1) is 0 Å². The number of hydrogen-bond donors (Lipinski definition) is 1. The van der Waals surface area contributed by atoms with Crippen LogP contribution >= 0.6 is 46.6 Å². The van der Waals surface area contributed by atoms with Crippen molar-refractivity contribution in [1.29, 1.82) is 0 Å². The van der Waals surface area contributed by atoms with Crippen molar-refractivity contribution < 1.29 is 4.79 Å². The van der Waals surface area contributed by atoms with E-state index in [-0.39, 0.29) is 10.7 Å². The van der Waals surface area contributed by atoms with Gasteiger partial charge in [-0.15, -0.1) is 0 Å². The monoisotopic (exact) mass is 423 g/mol. The molecule has 3 rings (SSSR count). The van der Waals surface area contributed by atoms with Gasteiger partial charge in [0.1, 0.15) is 0 Å².